The molecule has 0 radical (unpaired) electrons. The Bertz CT molecular complexity index is 1200. The van der Waals surface area contributed by atoms with Gasteiger partial charge >= 0.3 is 0 Å². The molecular weight excluding hydrogens is 416 g/mol. The Morgan fingerprint density at radius 2 is 1.23 bits per heavy atom. The van der Waals surface area contributed by atoms with Gasteiger partial charge in [-0.1, -0.05) is 60.1 Å². The number of nitro benzene ring substituents is 1. The van der Waals surface area contributed by atoms with Crippen molar-refractivity contribution in [1.82, 2.24) is 0 Å². The Balaban J connectivity index is 1.57. The van der Waals surface area contributed by atoms with Gasteiger partial charge < -0.3 is 0 Å². The highest BCUT2D eigenvalue weighted by molar-refractivity contribution is 6.31. The quantitative estimate of drug-likeness (QED) is 0.337. The Morgan fingerprint density at radius 1 is 0.774 bits per heavy atom. The second kappa shape index (κ2) is 6.25. The first kappa shape index (κ1) is 18.3. The fraction of sp³-hybridized carbons (Fsp3) is 0.167. The van der Waals surface area contributed by atoms with E-state index in [4.69, 9.17) is 11.6 Å². The molecule has 0 aromatic heterocycles. The van der Waals surface area contributed by atoms with Crippen molar-refractivity contribution in [3.8, 4) is 0 Å². The Morgan fingerprint density at radius 3 is 1.65 bits per heavy atom. The van der Waals surface area contributed by atoms with Gasteiger partial charge in [-0.15, -0.1) is 0 Å². The maximum Gasteiger partial charge on any atom is 0.294 e. The number of anilines is 1. The van der Waals surface area contributed by atoms with Crippen LogP contribution in [0.5, 0.6) is 0 Å². The minimum absolute atomic E-state index is 0.0219. The van der Waals surface area contributed by atoms with Gasteiger partial charge in [0.05, 0.1) is 16.8 Å². The van der Waals surface area contributed by atoms with Crippen LogP contribution in [0.3, 0.4) is 0 Å². The lowest BCUT2D eigenvalue weighted by molar-refractivity contribution is -0.384. The van der Waals surface area contributed by atoms with Crippen LogP contribution in [0.1, 0.15) is 34.1 Å². The highest BCUT2D eigenvalue weighted by Crippen LogP contribution is 2.61. The van der Waals surface area contributed by atoms with E-state index in [1.54, 1.807) is 0 Å². The molecule has 3 aromatic carbocycles. The smallest absolute Gasteiger partial charge is 0.274 e. The summed E-state index contributed by atoms with van der Waals surface area (Å²) in [6.45, 7) is 0. The first-order chi connectivity index (χ1) is 15.0. The molecular formula is C24H15ClN2O4. The molecule has 3 aliphatic carbocycles. The summed E-state index contributed by atoms with van der Waals surface area (Å²) >= 11 is 5.95. The zero-order chi connectivity index (χ0) is 21.4. The van der Waals surface area contributed by atoms with Gasteiger partial charge in [-0.3, -0.25) is 19.7 Å². The number of benzene rings is 3. The highest BCUT2D eigenvalue weighted by atomic mass is 35.5. The summed E-state index contributed by atoms with van der Waals surface area (Å²) in [5.41, 5.74) is 3.85. The molecule has 2 unspecified atom stereocenters. The van der Waals surface area contributed by atoms with Crippen LogP contribution in [0.25, 0.3) is 0 Å². The van der Waals surface area contributed by atoms with Crippen molar-refractivity contribution >= 4 is 34.8 Å². The maximum absolute atomic E-state index is 13.7. The lowest BCUT2D eigenvalue weighted by Crippen LogP contribution is -2.41. The number of amides is 2. The summed E-state index contributed by atoms with van der Waals surface area (Å²) in [6, 6.07) is 19.9. The van der Waals surface area contributed by atoms with E-state index in [0.29, 0.717) is 0 Å². The monoisotopic (exact) mass is 430 g/mol. The van der Waals surface area contributed by atoms with Crippen LogP contribution in [0.2, 0.25) is 5.02 Å². The third-order valence-electron chi connectivity index (χ3n) is 6.82. The van der Waals surface area contributed by atoms with Crippen molar-refractivity contribution in [2.24, 2.45) is 11.8 Å². The first-order valence-electron chi connectivity index (χ1n) is 9.98. The van der Waals surface area contributed by atoms with Crippen molar-refractivity contribution in [3.05, 3.63) is 104 Å². The van der Waals surface area contributed by atoms with Gasteiger partial charge in [0.2, 0.25) is 11.8 Å². The molecule has 1 aliphatic heterocycles. The average Bonchev–Trinajstić information content (AvgIpc) is 3.04. The molecule has 6 nitrogen and oxygen atoms in total. The number of carbonyl (C=O) groups excluding carboxylic acids is 2. The second-order valence-corrected chi connectivity index (χ2v) is 8.60. The molecule has 3 aromatic rings. The van der Waals surface area contributed by atoms with Crippen LogP contribution in [-0.4, -0.2) is 16.7 Å². The van der Waals surface area contributed by atoms with Gasteiger partial charge in [0.15, 0.2) is 0 Å². The predicted octanol–water partition coefficient (Wildman–Crippen LogP) is 4.64. The van der Waals surface area contributed by atoms with E-state index in [2.05, 4.69) is 0 Å². The molecule has 2 amide bonds. The third-order valence-corrected chi connectivity index (χ3v) is 7.06. The summed E-state index contributed by atoms with van der Waals surface area (Å²) in [5.74, 6) is -2.46. The lowest BCUT2D eigenvalue weighted by Gasteiger charge is -2.45. The summed E-state index contributed by atoms with van der Waals surface area (Å²) < 4.78 is 0. The van der Waals surface area contributed by atoms with Crippen molar-refractivity contribution in [2.75, 3.05) is 4.90 Å². The van der Waals surface area contributed by atoms with E-state index in [9.17, 15) is 19.7 Å². The fourth-order valence-electron chi connectivity index (χ4n) is 5.75. The molecule has 1 fully saturated rings. The summed E-state index contributed by atoms with van der Waals surface area (Å²) in [7, 11) is 0. The van der Waals surface area contributed by atoms with Crippen LogP contribution in [0, 0.1) is 22.0 Å². The summed E-state index contributed by atoms with van der Waals surface area (Å²) in [6.07, 6.45) is 0. The molecule has 152 valence electrons. The topological polar surface area (TPSA) is 80.5 Å². The van der Waals surface area contributed by atoms with Crippen LogP contribution < -0.4 is 4.90 Å². The number of nitrogens with zero attached hydrogens (tertiary/aromatic N) is 2. The van der Waals surface area contributed by atoms with Crippen LogP contribution in [0.4, 0.5) is 11.4 Å². The van der Waals surface area contributed by atoms with Gasteiger partial charge in [0, 0.05) is 22.9 Å². The van der Waals surface area contributed by atoms with Gasteiger partial charge in [-0.05, 0) is 34.4 Å². The Labute approximate surface area is 182 Å². The minimum atomic E-state index is -0.609. The molecule has 1 saturated heterocycles. The Hall–Kier alpha value is -3.51. The van der Waals surface area contributed by atoms with Gasteiger partial charge in [-0.25, -0.2) is 4.90 Å². The normalized spacial score (nSPS) is 25.3. The largest absolute Gasteiger partial charge is 0.294 e. The van der Waals surface area contributed by atoms with Crippen molar-refractivity contribution in [1.29, 1.82) is 0 Å². The van der Waals surface area contributed by atoms with Crippen molar-refractivity contribution in [2.45, 2.75) is 11.8 Å². The molecule has 2 atom stereocenters. The zero-order valence-electron chi connectivity index (χ0n) is 16.1. The number of nitro groups is 1. The van der Waals surface area contributed by atoms with Crippen molar-refractivity contribution < 1.29 is 14.5 Å². The van der Waals surface area contributed by atoms with Crippen LogP contribution in [0.15, 0.2) is 66.7 Å². The SMILES string of the molecule is O=C1C2C3c4ccccc4C(c4ccccc43)C2C(=O)N1c1ccc(Cl)cc1[N+](=O)[O-]. The molecule has 7 heteroatoms. The molecule has 0 N–H and O–H groups in total. The number of rotatable bonds is 2. The van der Waals surface area contributed by atoms with E-state index in [-0.39, 0.29) is 40.0 Å². The average molecular weight is 431 g/mol. The van der Waals surface area contributed by atoms with E-state index < -0.39 is 16.8 Å². The van der Waals surface area contributed by atoms with E-state index in [1.165, 1.54) is 18.2 Å². The standard InChI is InChI=1S/C24H15ClN2O4/c25-12-9-10-17(18(11-12)27(30)31)26-23(28)21-19-13-5-1-2-6-14(13)20(22(21)24(26)29)16-8-4-3-7-15(16)19/h1-11,19-22H. The molecule has 4 aliphatic rings. The molecule has 0 spiro atoms. The van der Waals surface area contributed by atoms with Gasteiger partial charge in [0.1, 0.15) is 5.69 Å². The zero-order valence-corrected chi connectivity index (χ0v) is 16.8. The van der Waals surface area contributed by atoms with Gasteiger partial charge in [-0.2, -0.15) is 0 Å². The summed E-state index contributed by atoms with van der Waals surface area (Å²) in [5, 5.41) is 11.8. The Kier molecular flexibility index (Phi) is 3.68. The van der Waals surface area contributed by atoms with Gasteiger partial charge in [0.25, 0.3) is 5.69 Å². The van der Waals surface area contributed by atoms with Crippen LogP contribution in [-0.2, 0) is 9.59 Å². The van der Waals surface area contributed by atoms with Crippen LogP contribution >= 0.6 is 11.6 Å². The summed E-state index contributed by atoms with van der Waals surface area (Å²) in [4.78, 5) is 39.4. The third kappa shape index (κ3) is 2.28. The lowest BCUT2D eigenvalue weighted by atomic mass is 9.55. The number of hydrogen-bond acceptors (Lipinski definition) is 4. The number of halogens is 1. The molecule has 0 saturated carbocycles. The minimum Gasteiger partial charge on any atom is -0.274 e. The van der Waals surface area contributed by atoms with E-state index in [0.717, 1.165) is 27.2 Å². The van der Waals surface area contributed by atoms with Crippen molar-refractivity contribution in [3.63, 3.8) is 0 Å². The maximum atomic E-state index is 13.7. The molecule has 1 heterocycles. The second-order valence-electron chi connectivity index (χ2n) is 8.17. The molecule has 2 bridgehead atoms. The highest BCUT2D eigenvalue weighted by Gasteiger charge is 2.62. The molecule has 7 rings (SSSR count). The molecule has 31 heavy (non-hydrogen) atoms. The predicted molar refractivity (Wildman–Crippen MR) is 114 cm³/mol. The van der Waals surface area contributed by atoms with E-state index in [1.807, 2.05) is 48.5 Å². The van der Waals surface area contributed by atoms with E-state index >= 15 is 0 Å². The number of hydrogen-bond donors (Lipinski definition) is 0. The first-order valence-corrected chi connectivity index (χ1v) is 10.4. The number of imide groups is 1. The fourth-order valence-corrected chi connectivity index (χ4v) is 5.91. The number of carbonyl (C=O) groups is 2.